The van der Waals surface area contributed by atoms with Crippen molar-refractivity contribution in [3.8, 4) is 0 Å². The lowest BCUT2D eigenvalue weighted by molar-refractivity contribution is 0.448. The highest BCUT2D eigenvalue weighted by Crippen LogP contribution is 2.09. The van der Waals surface area contributed by atoms with Crippen LogP contribution in [-0.2, 0) is 6.54 Å². The summed E-state index contributed by atoms with van der Waals surface area (Å²) < 4.78 is 25.4. The lowest BCUT2D eigenvalue weighted by atomic mass is 10.2. The molecule has 1 rings (SSSR count). The van der Waals surface area contributed by atoms with Crippen LogP contribution in [0, 0.1) is 11.6 Å². The summed E-state index contributed by atoms with van der Waals surface area (Å²) in [6.45, 7) is 4.00. The molecule has 0 aliphatic carbocycles. The molecule has 0 N–H and O–H groups in total. The van der Waals surface area contributed by atoms with Gasteiger partial charge in [0.1, 0.15) is 11.6 Å². The number of rotatable bonds is 3. The lowest BCUT2D eigenvalue weighted by Crippen LogP contribution is -2.09. The first-order valence-corrected chi connectivity index (χ1v) is 3.89. The number of hydrogen-bond donors (Lipinski definition) is 0. The fraction of sp³-hybridized carbons (Fsp3) is 0.200. The first-order chi connectivity index (χ1) is 6.11. The van der Waals surface area contributed by atoms with Crippen molar-refractivity contribution < 1.29 is 8.78 Å². The predicted octanol–water partition coefficient (Wildman–Crippen LogP) is 2.54. The molecule has 0 atom stereocenters. The molecule has 0 aromatic heterocycles. The quantitative estimate of drug-likeness (QED) is 0.696. The lowest BCUT2D eigenvalue weighted by Gasteiger charge is -2.12. The van der Waals surface area contributed by atoms with Gasteiger partial charge in [-0.05, 0) is 23.9 Å². The summed E-state index contributed by atoms with van der Waals surface area (Å²) in [5.41, 5.74) is 0.597. The molecule has 0 heterocycles. The molecular weight excluding hydrogens is 172 g/mol. The molecule has 0 bridgehead atoms. The van der Waals surface area contributed by atoms with Crippen molar-refractivity contribution in [3.63, 3.8) is 0 Å². The summed E-state index contributed by atoms with van der Waals surface area (Å²) in [5.74, 6) is -1.10. The minimum absolute atomic E-state index is 0.457. The molecule has 3 heteroatoms. The molecule has 1 aromatic rings. The average molecular weight is 183 g/mol. The number of halogens is 2. The zero-order valence-corrected chi connectivity index (χ0v) is 7.43. The van der Waals surface area contributed by atoms with Crippen LogP contribution < -0.4 is 0 Å². The highest BCUT2D eigenvalue weighted by molar-refractivity contribution is 5.17. The Morgan fingerprint density at radius 3 is 2.31 bits per heavy atom. The molecule has 0 spiro atoms. The van der Waals surface area contributed by atoms with Crippen LogP contribution in [-0.4, -0.2) is 11.9 Å². The monoisotopic (exact) mass is 183 g/mol. The summed E-state index contributed by atoms with van der Waals surface area (Å²) >= 11 is 0. The van der Waals surface area contributed by atoms with E-state index in [1.807, 2.05) is 0 Å². The minimum atomic E-state index is -0.549. The van der Waals surface area contributed by atoms with E-state index in [0.29, 0.717) is 12.1 Å². The largest absolute Gasteiger partial charge is 0.377 e. The number of hydrogen-bond acceptors (Lipinski definition) is 1. The van der Waals surface area contributed by atoms with Gasteiger partial charge in [-0.1, -0.05) is 6.58 Å². The van der Waals surface area contributed by atoms with Crippen LogP contribution in [0.15, 0.2) is 31.0 Å². The fourth-order valence-corrected chi connectivity index (χ4v) is 1.05. The Morgan fingerprint density at radius 1 is 1.31 bits per heavy atom. The first kappa shape index (κ1) is 9.71. The molecule has 1 nitrogen and oxygen atoms in total. The van der Waals surface area contributed by atoms with E-state index in [0.717, 1.165) is 6.07 Å². The molecule has 0 radical (unpaired) electrons. The second-order valence-corrected chi connectivity index (χ2v) is 2.88. The maximum atomic E-state index is 12.7. The van der Waals surface area contributed by atoms with E-state index in [1.54, 1.807) is 18.1 Å². The van der Waals surface area contributed by atoms with Gasteiger partial charge in [-0.15, -0.1) is 0 Å². The number of benzene rings is 1. The third-order valence-electron chi connectivity index (χ3n) is 1.67. The Morgan fingerprint density at radius 2 is 1.85 bits per heavy atom. The van der Waals surface area contributed by atoms with E-state index in [4.69, 9.17) is 0 Å². The summed E-state index contributed by atoms with van der Waals surface area (Å²) in [5, 5.41) is 0. The zero-order chi connectivity index (χ0) is 9.84. The van der Waals surface area contributed by atoms with Gasteiger partial charge in [-0.25, -0.2) is 8.78 Å². The highest BCUT2D eigenvalue weighted by Gasteiger charge is 2.01. The first-order valence-electron chi connectivity index (χ1n) is 3.89. The molecule has 0 fully saturated rings. The molecule has 0 unspecified atom stereocenters. The van der Waals surface area contributed by atoms with E-state index in [2.05, 4.69) is 6.58 Å². The fourth-order valence-electron chi connectivity index (χ4n) is 1.05. The molecule has 0 aliphatic rings. The third-order valence-corrected chi connectivity index (χ3v) is 1.67. The van der Waals surface area contributed by atoms with Crippen molar-refractivity contribution >= 4 is 0 Å². The Hall–Kier alpha value is -1.38. The van der Waals surface area contributed by atoms with Gasteiger partial charge in [0.25, 0.3) is 0 Å². The van der Waals surface area contributed by atoms with Crippen LogP contribution in [0.2, 0.25) is 0 Å². The Balaban J connectivity index is 2.82. The molecule has 1 aromatic carbocycles. The molecule has 0 aliphatic heterocycles. The smallest absolute Gasteiger partial charge is 0.126 e. The van der Waals surface area contributed by atoms with Crippen molar-refractivity contribution in [2.45, 2.75) is 6.54 Å². The van der Waals surface area contributed by atoms with Gasteiger partial charge in [0.2, 0.25) is 0 Å². The van der Waals surface area contributed by atoms with Crippen molar-refractivity contribution in [2.75, 3.05) is 7.05 Å². The van der Waals surface area contributed by atoms with Crippen LogP contribution in [0.25, 0.3) is 0 Å². The second kappa shape index (κ2) is 4.03. The molecule has 0 amide bonds. The van der Waals surface area contributed by atoms with Crippen molar-refractivity contribution in [3.05, 3.63) is 48.2 Å². The van der Waals surface area contributed by atoms with Crippen LogP contribution in [0.3, 0.4) is 0 Å². The average Bonchev–Trinajstić information content (AvgIpc) is 2.02. The van der Waals surface area contributed by atoms with Crippen LogP contribution in [0.5, 0.6) is 0 Å². The molecule has 0 saturated carbocycles. The summed E-state index contributed by atoms with van der Waals surface area (Å²) in [6.07, 6.45) is 1.60. The summed E-state index contributed by atoms with van der Waals surface area (Å²) in [4.78, 5) is 1.74. The standard InChI is InChI=1S/C10H11F2N/c1-3-13(2)7-8-4-9(11)6-10(12)5-8/h3-6H,1,7H2,2H3. The second-order valence-electron chi connectivity index (χ2n) is 2.88. The Kier molecular flexibility index (Phi) is 3.01. The maximum Gasteiger partial charge on any atom is 0.126 e. The van der Waals surface area contributed by atoms with Gasteiger partial charge in [0.15, 0.2) is 0 Å². The van der Waals surface area contributed by atoms with Gasteiger partial charge in [0, 0.05) is 19.7 Å². The van der Waals surface area contributed by atoms with E-state index >= 15 is 0 Å². The van der Waals surface area contributed by atoms with Gasteiger partial charge in [0.05, 0.1) is 0 Å². The van der Waals surface area contributed by atoms with E-state index in [1.165, 1.54) is 12.1 Å². The Labute approximate surface area is 76.3 Å². The molecular formula is C10H11F2N. The van der Waals surface area contributed by atoms with Crippen molar-refractivity contribution in [1.29, 1.82) is 0 Å². The maximum absolute atomic E-state index is 12.7. The van der Waals surface area contributed by atoms with Gasteiger partial charge < -0.3 is 4.90 Å². The normalized spacial score (nSPS) is 9.77. The number of nitrogens with zero attached hydrogens (tertiary/aromatic N) is 1. The van der Waals surface area contributed by atoms with Crippen molar-refractivity contribution in [1.82, 2.24) is 4.90 Å². The Bertz CT molecular complexity index is 290. The zero-order valence-electron chi connectivity index (χ0n) is 7.43. The van der Waals surface area contributed by atoms with Gasteiger partial charge >= 0.3 is 0 Å². The van der Waals surface area contributed by atoms with Crippen molar-refractivity contribution in [2.24, 2.45) is 0 Å². The summed E-state index contributed by atoms with van der Waals surface area (Å²) in [6, 6.07) is 3.48. The van der Waals surface area contributed by atoms with Crippen LogP contribution in [0.4, 0.5) is 8.78 Å². The van der Waals surface area contributed by atoms with Crippen LogP contribution >= 0.6 is 0 Å². The summed E-state index contributed by atoms with van der Waals surface area (Å²) in [7, 11) is 1.79. The molecule has 70 valence electrons. The van der Waals surface area contributed by atoms with E-state index in [-0.39, 0.29) is 0 Å². The van der Waals surface area contributed by atoms with Gasteiger partial charge in [-0.2, -0.15) is 0 Å². The molecule has 13 heavy (non-hydrogen) atoms. The van der Waals surface area contributed by atoms with Crippen LogP contribution in [0.1, 0.15) is 5.56 Å². The SMILES string of the molecule is C=CN(C)Cc1cc(F)cc(F)c1. The molecule has 0 saturated heterocycles. The van der Waals surface area contributed by atoms with E-state index in [9.17, 15) is 8.78 Å². The topological polar surface area (TPSA) is 3.24 Å². The predicted molar refractivity (Wildman–Crippen MR) is 48.0 cm³/mol. The van der Waals surface area contributed by atoms with Gasteiger partial charge in [-0.3, -0.25) is 0 Å². The third kappa shape index (κ3) is 2.86. The highest BCUT2D eigenvalue weighted by atomic mass is 19.1. The van der Waals surface area contributed by atoms with E-state index < -0.39 is 11.6 Å². The minimum Gasteiger partial charge on any atom is -0.377 e.